The van der Waals surface area contributed by atoms with E-state index in [1.807, 2.05) is 49.0 Å². The van der Waals surface area contributed by atoms with Crippen LogP contribution in [0.2, 0.25) is 0 Å². The van der Waals surface area contributed by atoms with Gasteiger partial charge in [-0.25, -0.2) is 4.79 Å². The number of carbonyl (C=O) groups excluding carboxylic acids is 3. The highest BCUT2D eigenvalue weighted by atomic mass is 16.7. The van der Waals surface area contributed by atoms with Crippen LogP contribution in [0.5, 0.6) is 17.2 Å². The number of likely N-dealkylation sites (N-methyl/N-ethyl adjacent to an activating group) is 1. The predicted molar refractivity (Wildman–Crippen MR) is 181 cm³/mol. The van der Waals surface area contributed by atoms with Crippen LogP contribution in [0.15, 0.2) is 66.9 Å². The summed E-state index contributed by atoms with van der Waals surface area (Å²) >= 11 is 0. The summed E-state index contributed by atoms with van der Waals surface area (Å²) in [4.78, 5) is 43.2. The number of para-hydroxylation sites is 1. The van der Waals surface area contributed by atoms with Crippen molar-refractivity contribution in [2.24, 2.45) is 13.0 Å². The minimum absolute atomic E-state index is 0.0204. The molecule has 1 aromatic heterocycles. The topological polar surface area (TPSA) is 135 Å². The second-order valence-corrected chi connectivity index (χ2v) is 12.6. The van der Waals surface area contributed by atoms with Crippen LogP contribution in [-0.2, 0) is 29.5 Å². The molecule has 252 valence electrons. The van der Waals surface area contributed by atoms with Crippen LogP contribution in [0, 0.1) is 5.92 Å². The van der Waals surface area contributed by atoms with E-state index >= 15 is 0 Å². The average Bonchev–Trinajstić information content (AvgIpc) is 3.67. The number of amides is 4. The zero-order valence-electron chi connectivity index (χ0n) is 27.6. The van der Waals surface area contributed by atoms with Gasteiger partial charge in [-0.15, -0.1) is 0 Å². The molecule has 0 radical (unpaired) electrons. The molecule has 12 nitrogen and oxygen atoms in total. The second-order valence-electron chi connectivity index (χ2n) is 12.6. The molecule has 48 heavy (non-hydrogen) atoms. The number of carbonyl (C=O) groups is 3. The standard InChI is InChI=1S/C36H41N5O7/c1-22-17-41(23(2)20-42)35(44)15-24-13-26(37-34(43)14-25-18-39(3)29-8-6-5-7-28(25)29)9-11-30(24)48-33(22)19-40(4)36(45)38-27-10-12-31-32(16-27)47-21-46-31/h5-13,16,18,22-23,33,42H,14-15,17,19-21H2,1-4H3,(H,37,43)(H,38,45)/t22-,23+,33-/m0/s1. The minimum atomic E-state index is -0.498. The Morgan fingerprint density at radius 3 is 2.54 bits per heavy atom. The van der Waals surface area contributed by atoms with Gasteiger partial charge in [-0.3, -0.25) is 9.59 Å². The Hall–Kier alpha value is -5.23. The van der Waals surface area contributed by atoms with E-state index in [9.17, 15) is 19.5 Å². The van der Waals surface area contributed by atoms with Crippen molar-refractivity contribution in [3.05, 3.63) is 78.0 Å². The molecule has 3 aromatic carbocycles. The van der Waals surface area contributed by atoms with Crippen molar-refractivity contribution in [3.8, 4) is 17.2 Å². The number of hydrogen-bond acceptors (Lipinski definition) is 7. The summed E-state index contributed by atoms with van der Waals surface area (Å²) in [6.45, 7) is 4.25. The SMILES string of the molecule is C[C@H](CO)N1C[C@H](C)[C@H](CN(C)C(=O)Nc2ccc3c(c2)OCO3)Oc2ccc(NC(=O)Cc3cn(C)c4ccccc34)cc2CC1=O. The highest BCUT2D eigenvalue weighted by Gasteiger charge is 2.32. The fourth-order valence-corrected chi connectivity index (χ4v) is 6.22. The number of rotatable bonds is 8. The predicted octanol–water partition coefficient (Wildman–Crippen LogP) is 4.40. The molecule has 0 aliphatic carbocycles. The Balaban J connectivity index is 1.20. The molecule has 3 heterocycles. The van der Waals surface area contributed by atoms with E-state index in [0.29, 0.717) is 40.7 Å². The van der Waals surface area contributed by atoms with Crippen LogP contribution in [0.3, 0.4) is 0 Å². The highest BCUT2D eigenvalue weighted by Crippen LogP contribution is 2.34. The second kappa shape index (κ2) is 13.9. The zero-order chi connectivity index (χ0) is 33.9. The molecule has 0 bridgehead atoms. The Kier molecular flexibility index (Phi) is 9.44. The molecule has 0 fully saturated rings. The molecule has 2 aliphatic heterocycles. The third-order valence-electron chi connectivity index (χ3n) is 8.96. The Morgan fingerprint density at radius 2 is 1.75 bits per heavy atom. The number of fused-ring (bicyclic) bond motifs is 3. The molecular formula is C36H41N5O7. The third-order valence-corrected chi connectivity index (χ3v) is 8.96. The van der Waals surface area contributed by atoms with Crippen molar-refractivity contribution >= 4 is 40.1 Å². The number of aromatic nitrogens is 1. The lowest BCUT2D eigenvalue weighted by molar-refractivity contribution is -0.134. The first-order valence-electron chi connectivity index (χ1n) is 16.0. The van der Waals surface area contributed by atoms with Gasteiger partial charge in [0, 0.05) is 66.7 Å². The van der Waals surface area contributed by atoms with Gasteiger partial charge in [0.2, 0.25) is 18.6 Å². The fraction of sp³-hybridized carbons (Fsp3) is 0.361. The molecular weight excluding hydrogens is 614 g/mol. The van der Waals surface area contributed by atoms with Crippen LogP contribution in [-0.4, -0.2) is 83.0 Å². The van der Waals surface area contributed by atoms with Gasteiger partial charge in [-0.2, -0.15) is 0 Å². The van der Waals surface area contributed by atoms with Crippen molar-refractivity contribution in [2.75, 3.05) is 44.2 Å². The molecule has 4 aromatic rings. The van der Waals surface area contributed by atoms with Crippen LogP contribution in [0.4, 0.5) is 16.2 Å². The summed E-state index contributed by atoms with van der Waals surface area (Å²) in [6, 6.07) is 17.7. The normalized spacial score (nSPS) is 17.9. The number of nitrogens with one attached hydrogen (secondary N) is 2. The van der Waals surface area contributed by atoms with E-state index in [-0.39, 0.29) is 56.5 Å². The van der Waals surface area contributed by atoms with Gasteiger partial charge in [0.1, 0.15) is 11.9 Å². The monoisotopic (exact) mass is 655 g/mol. The van der Waals surface area contributed by atoms with Gasteiger partial charge in [0.05, 0.1) is 32.0 Å². The van der Waals surface area contributed by atoms with E-state index in [4.69, 9.17) is 14.2 Å². The van der Waals surface area contributed by atoms with E-state index in [1.54, 1.807) is 55.3 Å². The molecule has 3 N–H and O–H groups in total. The molecule has 2 aliphatic rings. The van der Waals surface area contributed by atoms with E-state index in [1.165, 1.54) is 4.90 Å². The van der Waals surface area contributed by atoms with Crippen molar-refractivity contribution in [1.29, 1.82) is 0 Å². The Bertz CT molecular complexity index is 1840. The molecule has 0 saturated heterocycles. The van der Waals surface area contributed by atoms with Gasteiger partial charge in [0.25, 0.3) is 0 Å². The molecule has 3 atom stereocenters. The van der Waals surface area contributed by atoms with Crippen LogP contribution >= 0.6 is 0 Å². The number of hydrogen-bond donors (Lipinski definition) is 3. The fourth-order valence-electron chi connectivity index (χ4n) is 6.22. The van der Waals surface area contributed by atoms with E-state index in [0.717, 1.165) is 16.5 Å². The number of urea groups is 1. The number of aliphatic hydroxyl groups excluding tert-OH is 1. The lowest BCUT2D eigenvalue weighted by Crippen LogP contribution is -2.48. The lowest BCUT2D eigenvalue weighted by atomic mass is 10.0. The van der Waals surface area contributed by atoms with Gasteiger partial charge >= 0.3 is 6.03 Å². The Morgan fingerprint density at radius 1 is 1.02 bits per heavy atom. The number of aliphatic hydroxyl groups is 1. The molecule has 4 amide bonds. The first kappa shape index (κ1) is 32.7. The van der Waals surface area contributed by atoms with Gasteiger partial charge in [-0.1, -0.05) is 25.1 Å². The van der Waals surface area contributed by atoms with E-state index in [2.05, 4.69) is 10.6 Å². The van der Waals surface area contributed by atoms with Crippen LogP contribution in [0.1, 0.15) is 25.0 Å². The van der Waals surface area contributed by atoms with Crippen molar-refractivity contribution in [1.82, 2.24) is 14.4 Å². The van der Waals surface area contributed by atoms with Gasteiger partial charge in [-0.05, 0) is 48.9 Å². The number of nitrogens with zero attached hydrogens (tertiary/aromatic N) is 3. The third kappa shape index (κ3) is 7.03. The smallest absolute Gasteiger partial charge is 0.321 e. The van der Waals surface area contributed by atoms with Crippen LogP contribution in [0.25, 0.3) is 10.9 Å². The maximum absolute atomic E-state index is 13.6. The number of aryl methyl sites for hydroxylation is 1. The summed E-state index contributed by atoms with van der Waals surface area (Å²) in [6.07, 6.45) is 1.68. The zero-order valence-corrected chi connectivity index (χ0v) is 27.6. The van der Waals surface area contributed by atoms with Crippen molar-refractivity contribution < 1.29 is 33.7 Å². The quantitative estimate of drug-likeness (QED) is 0.256. The van der Waals surface area contributed by atoms with Gasteiger partial charge < -0.3 is 44.3 Å². The number of anilines is 2. The highest BCUT2D eigenvalue weighted by molar-refractivity contribution is 5.96. The number of ether oxygens (including phenoxy) is 3. The first-order chi connectivity index (χ1) is 23.1. The lowest BCUT2D eigenvalue weighted by Gasteiger charge is -2.34. The summed E-state index contributed by atoms with van der Waals surface area (Å²) in [7, 11) is 3.64. The average molecular weight is 656 g/mol. The maximum Gasteiger partial charge on any atom is 0.321 e. The number of benzene rings is 3. The van der Waals surface area contributed by atoms with Crippen molar-refractivity contribution in [2.45, 2.75) is 38.8 Å². The molecule has 12 heteroatoms. The summed E-state index contributed by atoms with van der Waals surface area (Å²) in [5, 5.41) is 16.9. The summed E-state index contributed by atoms with van der Waals surface area (Å²) in [5.41, 5.74) is 3.68. The minimum Gasteiger partial charge on any atom is -0.488 e. The molecule has 6 rings (SSSR count). The van der Waals surface area contributed by atoms with Gasteiger partial charge in [0.15, 0.2) is 11.5 Å². The summed E-state index contributed by atoms with van der Waals surface area (Å²) in [5.74, 6) is 1.13. The Labute approximate surface area is 279 Å². The van der Waals surface area contributed by atoms with Crippen LogP contribution < -0.4 is 24.8 Å². The van der Waals surface area contributed by atoms with Crippen molar-refractivity contribution in [3.63, 3.8) is 0 Å². The molecule has 0 unspecified atom stereocenters. The largest absolute Gasteiger partial charge is 0.488 e. The molecule has 0 spiro atoms. The first-order valence-corrected chi connectivity index (χ1v) is 16.0. The molecule has 0 saturated carbocycles. The maximum atomic E-state index is 13.6. The summed E-state index contributed by atoms with van der Waals surface area (Å²) < 4.78 is 19.4. The van der Waals surface area contributed by atoms with E-state index < -0.39 is 12.1 Å².